The minimum absolute atomic E-state index is 0.00463. The Hall–Kier alpha value is -0.590. The first-order valence-electron chi connectivity index (χ1n) is 2.97. The fraction of sp³-hybridized carbons (Fsp3) is 0.833. The van der Waals surface area contributed by atoms with Gasteiger partial charge in [-0.3, -0.25) is 0 Å². The number of hydrogen-bond acceptors (Lipinski definition) is 3. The van der Waals surface area contributed by atoms with Crippen molar-refractivity contribution in [2.24, 2.45) is 0 Å². The molecule has 2 unspecified atom stereocenters. The molecular formula is C6H9NO2. The third kappa shape index (κ3) is 1.67. The lowest BCUT2D eigenvalue weighted by Crippen LogP contribution is -2.08. The third-order valence-corrected chi connectivity index (χ3v) is 1.22. The summed E-state index contributed by atoms with van der Waals surface area (Å²) in [4.78, 5) is 0. The van der Waals surface area contributed by atoms with Crippen LogP contribution in [0.15, 0.2) is 0 Å². The molecule has 0 bridgehead atoms. The largest absolute Gasteiger partial charge is 0.350 e. The van der Waals surface area contributed by atoms with Crippen molar-refractivity contribution < 1.29 is 9.47 Å². The summed E-state index contributed by atoms with van der Waals surface area (Å²) in [7, 11) is 0. The van der Waals surface area contributed by atoms with Gasteiger partial charge in [0.05, 0.1) is 25.2 Å². The molecule has 0 amide bonds. The van der Waals surface area contributed by atoms with Crippen molar-refractivity contribution in [3.8, 4) is 6.07 Å². The quantitative estimate of drug-likeness (QED) is 0.519. The second kappa shape index (κ2) is 2.81. The molecule has 3 nitrogen and oxygen atoms in total. The van der Waals surface area contributed by atoms with Gasteiger partial charge in [0.25, 0.3) is 0 Å². The number of nitrogens with zero attached hydrogens (tertiary/aromatic N) is 1. The van der Waals surface area contributed by atoms with Crippen molar-refractivity contribution in [3.05, 3.63) is 0 Å². The molecule has 0 aromatic heterocycles. The minimum atomic E-state index is -0.122. The minimum Gasteiger partial charge on any atom is -0.350 e. The first-order valence-corrected chi connectivity index (χ1v) is 2.97. The highest BCUT2D eigenvalue weighted by Gasteiger charge is 2.21. The van der Waals surface area contributed by atoms with Crippen molar-refractivity contribution in [2.75, 3.05) is 6.61 Å². The van der Waals surface area contributed by atoms with Crippen LogP contribution in [-0.4, -0.2) is 19.0 Å². The monoisotopic (exact) mass is 127 g/mol. The molecule has 0 radical (unpaired) electrons. The lowest BCUT2D eigenvalue weighted by Gasteiger charge is -2.01. The van der Waals surface area contributed by atoms with E-state index in [1.165, 1.54) is 0 Å². The van der Waals surface area contributed by atoms with Gasteiger partial charge in [0, 0.05) is 0 Å². The maximum absolute atomic E-state index is 8.23. The summed E-state index contributed by atoms with van der Waals surface area (Å²) >= 11 is 0. The third-order valence-electron chi connectivity index (χ3n) is 1.22. The molecule has 1 aliphatic heterocycles. The van der Waals surface area contributed by atoms with Crippen molar-refractivity contribution >= 4 is 0 Å². The van der Waals surface area contributed by atoms with E-state index in [0.717, 1.165) is 0 Å². The van der Waals surface area contributed by atoms with Crippen molar-refractivity contribution in [2.45, 2.75) is 25.7 Å². The molecule has 0 saturated carbocycles. The second-order valence-corrected chi connectivity index (χ2v) is 2.02. The van der Waals surface area contributed by atoms with Gasteiger partial charge in [0.1, 0.15) is 0 Å². The molecule has 0 aromatic carbocycles. The van der Waals surface area contributed by atoms with E-state index in [1.54, 1.807) is 0 Å². The molecule has 1 heterocycles. The van der Waals surface area contributed by atoms with E-state index in [4.69, 9.17) is 14.7 Å². The molecule has 50 valence electrons. The first kappa shape index (κ1) is 6.53. The van der Waals surface area contributed by atoms with E-state index in [2.05, 4.69) is 0 Å². The molecule has 0 aromatic rings. The van der Waals surface area contributed by atoms with Crippen molar-refractivity contribution in [3.63, 3.8) is 0 Å². The van der Waals surface area contributed by atoms with Crippen LogP contribution in [0, 0.1) is 11.3 Å². The maximum Gasteiger partial charge on any atom is 0.155 e. The summed E-state index contributed by atoms with van der Waals surface area (Å²) < 4.78 is 10.2. The van der Waals surface area contributed by atoms with Crippen LogP contribution in [0.1, 0.15) is 13.3 Å². The normalized spacial score (nSPS) is 34.2. The fourth-order valence-electron chi connectivity index (χ4n) is 0.801. The fourth-order valence-corrected chi connectivity index (χ4v) is 0.801. The van der Waals surface area contributed by atoms with Gasteiger partial charge in [-0.1, -0.05) is 0 Å². The highest BCUT2D eigenvalue weighted by atomic mass is 16.7. The highest BCUT2D eigenvalue weighted by Crippen LogP contribution is 2.12. The van der Waals surface area contributed by atoms with Crippen LogP contribution >= 0.6 is 0 Å². The van der Waals surface area contributed by atoms with Crippen molar-refractivity contribution in [1.82, 2.24) is 0 Å². The van der Waals surface area contributed by atoms with Gasteiger partial charge in [-0.2, -0.15) is 5.26 Å². The van der Waals surface area contributed by atoms with Gasteiger partial charge in [-0.05, 0) is 6.92 Å². The van der Waals surface area contributed by atoms with Gasteiger partial charge < -0.3 is 9.47 Å². The van der Waals surface area contributed by atoms with Crippen LogP contribution in [-0.2, 0) is 9.47 Å². The molecule has 1 rings (SSSR count). The Bertz CT molecular complexity index is 130. The Kier molecular flexibility index (Phi) is 2.04. The predicted molar refractivity (Wildman–Crippen MR) is 30.5 cm³/mol. The maximum atomic E-state index is 8.23. The molecule has 1 fully saturated rings. The Morgan fingerprint density at radius 3 is 3.00 bits per heavy atom. The van der Waals surface area contributed by atoms with Gasteiger partial charge in [-0.15, -0.1) is 0 Å². The molecule has 9 heavy (non-hydrogen) atoms. The summed E-state index contributed by atoms with van der Waals surface area (Å²) in [6.45, 7) is 2.39. The van der Waals surface area contributed by atoms with Crippen LogP contribution in [0.2, 0.25) is 0 Å². The molecule has 1 aliphatic rings. The number of hydrogen-bond donors (Lipinski definition) is 0. The predicted octanol–water partition coefficient (Wildman–Crippen LogP) is 0.661. The van der Waals surface area contributed by atoms with Crippen LogP contribution in [0.25, 0.3) is 0 Å². The highest BCUT2D eigenvalue weighted by molar-refractivity contribution is 4.78. The van der Waals surface area contributed by atoms with E-state index in [9.17, 15) is 0 Å². The zero-order chi connectivity index (χ0) is 6.69. The lowest BCUT2D eigenvalue weighted by molar-refractivity contribution is -0.0411. The Morgan fingerprint density at radius 1 is 1.78 bits per heavy atom. The first-order chi connectivity index (χ1) is 4.33. The number of rotatable bonds is 1. The van der Waals surface area contributed by atoms with E-state index >= 15 is 0 Å². The smallest absolute Gasteiger partial charge is 0.155 e. The average molecular weight is 127 g/mol. The van der Waals surface area contributed by atoms with Gasteiger partial charge in [0.2, 0.25) is 0 Å². The Balaban J connectivity index is 2.24. The second-order valence-electron chi connectivity index (χ2n) is 2.02. The van der Waals surface area contributed by atoms with E-state index in [0.29, 0.717) is 13.0 Å². The topological polar surface area (TPSA) is 42.2 Å². The molecule has 1 saturated heterocycles. The van der Waals surface area contributed by atoms with Gasteiger partial charge in [-0.25, -0.2) is 0 Å². The summed E-state index contributed by atoms with van der Waals surface area (Å²) in [5, 5.41) is 8.23. The zero-order valence-electron chi connectivity index (χ0n) is 5.33. The molecule has 2 atom stereocenters. The molecule has 3 heteroatoms. The standard InChI is InChI=1S/C6H9NO2/c1-5-8-4-6(9-5)2-3-7/h5-6H,2,4H2,1H3. The summed E-state index contributed by atoms with van der Waals surface area (Å²) in [6, 6.07) is 2.03. The number of ether oxygens (including phenoxy) is 2. The molecule has 0 aliphatic carbocycles. The summed E-state index contributed by atoms with van der Waals surface area (Å²) in [5.41, 5.74) is 0. The van der Waals surface area contributed by atoms with Gasteiger partial charge in [0.15, 0.2) is 6.29 Å². The van der Waals surface area contributed by atoms with Crippen LogP contribution in [0.5, 0.6) is 0 Å². The summed E-state index contributed by atoms with van der Waals surface area (Å²) in [6.07, 6.45) is 0.318. The number of nitriles is 1. The lowest BCUT2D eigenvalue weighted by atomic mass is 10.3. The van der Waals surface area contributed by atoms with E-state index < -0.39 is 0 Å². The van der Waals surface area contributed by atoms with Gasteiger partial charge >= 0.3 is 0 Å². The molecule has 0 spiro atoms. The van der Waals surface area contributed by atoms with Crippen LogP contribution in [0.4, 0.5) is 0 Å². The van der Waals surface area contributed by atoms with E-state index in [1.807, 2.05) is 13.0 Å². The average Bonchev–Trinajstić information content (AvgIpc) is 2.17. The van der Waals surface area contributed by atoms with E-state index in [-0.39, 0.29) is 12.4 Å². The van der Waals surface area contributed by atoms with Crippen LogP contribution < -0.4 is 0 Å². The SMILES string of the molecule is CC1OCC(CC#N)O1. The Morgan fingerprint density at radius 2 is 2.56 bits per heavy atom. The Labute approximate surface area is 54.2 Å². The molecule has 0 N–H and O–H groups in total. The van der Waals surface area contributed by atoms with Crippen molar-refractivity contribution in [1.29, 1.82) is 5.26 Å². The van der Waals surface area contributed by atoms with Crippen LogP contribution in [0.3, 0.4) is 0 Å². The zero-order valence-corrected chi connectivity index (χ0v) is 5.33. The molecular weight excluding hydrogens is 118 g/mol. The summed E-state index contributed by atoms with van der Waals surface area (Å²) in [5.74, 6) is 0.